The van der Waals surface area contributed by atoms with Gasteiger partial charge in [-0.05, 0) is 12.8 Å². The number of carbonyl (C=O) groups is 1. The number of rotatable bonds is 5. The molecule has 80 valence electrons. The van der Waals surface area contributed by atoms with Crippen LogP contribution in [-0.4, -0.2) is 31.2 Å². The summed E-state index contributed by atoms with van der Waals surface area (Å²) >= 11 is 0. The number of ether oxygens (including phenoxy) is 1. The third-order valence-electron chi connectivity index (χ3n) is 1.59. The van der Waals surface area contributed by atoms with Crippen LogP contribution in [0.4, 0.5) is 4.79 Å². The fourth-order valence-corrected chi connectivity index (χ4v) is 0.841. The number of carbonyl (C=O) groups excluding carboxylic acids is 1. The zero-order valence-corrected chi connectivity index (χ0v) is 9.52. The third-order valence-corrected chi connectivity index (χ3v) is 1.59. The molecule has 3 nitrogen and oxygen atoms in total. The van der Waals surface area contributed by atoms with Crippen molar-refractivity contribution in [1.29, 1.82) is 0 Å². The minimum Gasteiger partial charge on any atom is -0.449 e. The molecule has 0 aliphatic rings. The average Bonchev–Trinajstić information content (AvgIpc) is 2.05. The summed E-state index contributed by atoms with van der Waals surface area (Å²) in [6, 6.07) is 0. The average molecular weight is 210 g/mol. The Labute approximate surface area is 86.8 Å². The monoisotopic (exact) mass is 209 g/mol. The van der Waals surface area contributed by atoms with E-state index in [1.54, 1.807) is 11.9 Å². The predicted octanol–water partition coefficient (Wildman–Crippen LogP) is 2.69. The predicted molar refractivity (Wildman–Crippen MR) is 56.4 cm³/mol. The molecule has 0 aromatic rings. The lowest BCUT2D eigenvalue weighted by molar-refractivity contribution is 0.110. The van der Waals surface area contributed by atoms with Gasteiger partial charge in [0.15, 0.2) is 0 Å². The minimum atomic E-state index is -0.203. The van der Waals surface area contributed by atoms with Crippen LogP contribution in [0.25, 0.3) is 0 Å². The third kappa shape index (κ3) is 7.91. The van der Waals surface area contributed by atoms with E-state index in [4.69, 9.17) is 4.74 Å². The van der Waals surface area contributed by atoms with E-state index < -0.39 is 0 Å². The van der Waals surface area contributed by atoms with Crippen molar-refractivity contribution in [1.82, 2.24) is 4.90 Å². The highest BCUT2D eigenvalue weighted by Gasteiger charge is 2.06. The van der Waals surface area contributed by atoms with E-state index in [0.717, 1.165) is 25.8 Å². The molecule has 0 saturated carbocycles. The van der Waals surface area contributed by atoms with Crippen molar-refractivity contribution in [3.8, 4) is 0 Å². The lowest BCUT2D eigenvalue weighted by atomic mass is 10.4. The Bertz CT molecular complexity index is 131. The summed E-state index contributed by atoms with van der Waals surface area (Å²) in [6.07, 6.45) is 2.78. The molecule has 13 heavy (non-hydrogen) atoms. The topological polar surface area (TPSA) is 29.5 Å². The molecule has 4 heteroatoms. The highest BCUT2D eigenvalue weighted by Crippen LogP contribution is 1.94. The van der Waals surface area contributed by atoms with Crippen LogP contribution in [0.3, 0.4) is 0 Å². The van der Waals surface area contributed by atoms with Gasteiger partial charge >= 0.3 is 6.09 Å². The molecule has 0 fully saturated rings. The van der Waals surface area contributed by atoms with E-state index in [9.17, 15) is 4.79 Å². The molecule has 0 aromatic heterocycles. The second-order valence-electron chi connectivity index (χ2n) is 2.89. The zero-order valence-electron chi connectivity index (χ0n) is 8.71. The van der Waals surface area contributed by atoms with Crippen LogP contribution in [0.2, 0.25) is 0 Å². The highest BCUT2D eigenvalue weighted by atomic mass is 35.5. The molecule has 1 amide bonds. The Morgan fingerprint density at radius 3 is 2.38 bits per heavy atom. The molecule has 0 rings (SSSR count). The second kappa shape index (κ2) is 9.65. The van der Waals surface area contributed by atoms with Crippen molar-refractivity contribution in [2.75, 3.05) is 20.2 Å². The summed E-state index contributed by atoms with van der Waals surface area (Å²) in [6.45, 7) is 5.42. The maximum atomic E-state index is 11.1. The standard InChI is InChI=1S/C9H19NO2.ClH/c1-4-6-8-12-9(11)10(3)7-5-2;/h4-8H2,1-3H3;1H. The van der Waals surface area contributed by atoms with Gasteiger partial charge in [0.1, 0.15) is 0 Å². The zero-order chi connectivity index (χ0) is 9.40. The Kier molecular flexibility index (Phi) is 11.2. The number of amides is 1. The molecule has 0 bridgehead atoms. The normalized spacial score (nSPS) is 8.85. The first-order valence-electron chi connectivity index (χ1n) is 4.60. The van der Waals surface area contributed by atoms with Gasteiger partial charge in [0.05, 0.1) is 6.61 Å². The van der Waals surface area contributed by atoms with Crippen LogP contribution in [0.15, 0.2) is 0 Å². The first kappa shape index (κ1) is 15.1. The lowest BCUT2D eigenvalue weighted by Gasteiger charge is -2.15. The van der Waals surface area contributed by atoms with Crippen molar-refractivity contribution in [3.63, 3.8) is 0 Å². The molecule has 0 aliphatic heterocycles. The van der Waals surface area contributed by atoms with Crippen LogP contribution < -0.4 is 0 Å². The van der Waals surface area contributed by atoms with Gasteiger partial charge in [-0.25, -0.2) is 4.79 Å². The van der Waals surface area contributed by atoms with Gasteiger partial charge in [-0.3, -0.25) is 0 Å². The molecule has 0 atom stereocenters. The van der Waals surface area contributed by atoms with Gasteiger partial charge in [0, 0.05) is 13.6 Å². The van der Waals surface area contributed by atoms with E-state index in [1.807, 2.05) is 6.92 Å². The van der Waals surface area contributed by atoms with E-state index in [-0.39, 0.29) is 18.5 Å². The van der Waals surface area contributed by atoms with Gasteiger partial charge in [0.25, 0.3) is 0 Å². The molecule has 0 saturated heterocycles. The molecule has 0 unspecified atom stereocenters. The fraction of sp³-hybridized carbons (Fsp3) is 0.889. The van der Waals surface area contributed by atoms with Crippen LogP contribution >= 0.6 is 12.4 Å². The molecule has 0 aliphatic carbocycles. The molecule has 0 aromatic carbocycles. The van der Waals surface area contributed by atoms with Crippen molar-refractivity contribution < 1.29 is 9.53 Å². The smallest absolute Gasteiger partial charge is 0.409 e. The summed E-state index contributed by atoms with van der Waals surface area (Å²) in [5.74, 6) is 0. The highest BCUT2D eigenvalue weighted by molar-refractivity contribution is 5.85. The number of nitrogens with zero attached hydrogens (tertiary/aromatic N) is 1. The Balaban J connectivity index is 0. The van der Waals surface area contributed by atoms with Crippen molar-refractivity contribution in [2.24, 2.45) is 0 Å². The summed E-state index contributed by atoms with van der Waals surface area (Å²) in [5, 5.41) is 0. The van der Waals surface area contributed by atoms with E-state index in [1.165, 1.54) is 0 Å². The fourth-order valence-electron chi connectivity index (χ4n) is 0.841. The van der Waals surface area contributed by atoms with Gasteiger partial charge in [-0.1, -0.05) is 20.3 Å². The van der Waals surface area contributed by atoms with E-state index >= 15 is 0 Å². The molecular formula is C9H20ClNO2. The van der Waals surface area contributed by atoms with Crippen LogP contribution in [0, 0.1) is 0 Å². The summed E-state index contributed by atoms with van der Waals surface area (Å²) < 4.78 is 4.98. The second-order valence-corrected chi connectivity index (χ2v) is 2.89. The van der Waals surface area contributed by atoms with Gasteiger partial charge in [-0.2, -0.15) is 0 Å². The van der Waals surface area contributed by atoms with Gasteiger partial charge in [-0.15, -0.1) is 12.4 Å². The molecular weight excluding hydrogens is 190 g/mol. The first-order valence-corrected chi connectivity index (χ1v) is 4.60. The van der Waals surface area contributed by atoms with E-state index in [2.05, 4.69) is 6.92 Å². The van der Waals surface area contributed by atoms with Gasteiger partial charge < -0.3 is 9.64 Å². The summed E-state index contributed by atoms with van der Waals surface area (Å²) in [7, 11) is 1.76. The Morgan fingerprint density at radius 1 is 1.31 bits per heavy atom. The van der Waals surface area contributed by atoms with Crippen LogP contribution in [-0.2, 0) is 4.74 Å². The number of hydrogen-bond donors (Lipinski definition) is 0. The summed E-state index contributed by atoms with van der Waals surface area (Å²) in [5.41, 5.74) is 0. The van der Waals surface area contributed by atoms with Crippen LogP contribution in [0.5, 0.6) is 0 Å². The molecule has 0 radical (unpaired) electrons. The maximum absolute atomic E-state index is 11.1. The lowest BCUT2D eigenvalue weighted by Crippen LogP contribution is -2.28. The Hall–Kier alpha value is -0.440. The van der Waals surface area contributed by atoms with E-state index in [0.29, 0.717) is 6.61 Å². The number of unbranched alkanes of at least 4 members (excludes halogenated alkanes) is 1. The Morgan fingerprint density at radius 2 is 1.92 bits per heavy atom. The quantitative estimate of drug-likeness (QED) is 0.652. The first-order chi connectivity index (χ1) is 5.72. The SMILES string of the molecule is CCCCOC(=O)N(C)CCC.Cl. The summed E-state index contributed by atoms with van der Waals surface area (Å²) in [4.78, 5) is 12.7. The molecule has 0 spiro atoms. The van der Waals surface area contributed by atoms with Gasteiger partial charge in [0.2, 0.25) is 0 Å². The van der Waals surface area contributed by atoms with Crippen molar-refractivity contribution in [3.05, 3.63) is 0 Å². The van der Waals surface area contributed by atoms with Crippen molar-refractivity contribution in [2.45, 2.75) is 33.1 Å². The number of halogens is 1. The van der Waals surface area contributed by atoms with Crippen LogP contribution in [0.1, 0.15) is 33.1 Å². The number of hydrogen-bond acceptors (Lipinski definition) is 2. The maximum Gasteiger partial charge on any atom is 0.409 e. The van der Waals surface area contributed by atoms with Crippen molar-refractivity contribution >= 4 is 18.5 Å². The molecule has 0 heterocycles. The largest absolute Gasteiger partial charge is 0.449 e. The minimum absolute atomic E-state index is 0. The molecule has 0 N–H and O–H groups in total.